The van der Waals surface area contributed by atoms with Crippen molar-refractivity contribution in [1.82, 2.24) is 4.57 Å². The molecule has 0 bridgehead atoms. The predicted molar refractivity (Wildman–Crippen MR) is 81.2 cm³/mol. The number of aryl methyl sites for hydroxylation is 2. The second-order valence-electron chi connectivity index (χ2n) is 5.23. The molecule has 1 aromatic rings. The Morgan fingerprint density at radius 2 is 2.15 bits per heavy atom. The lowest BCUT2D eigenvalue weighted by molar-refractivity contribution is -0.653. The molecule has 0 aliphatic heterocycles. The fraction of sp³-hybridized carbons (Fsp3) is 0.733. The number of esters is 1. The van der Waals surface area contributed by atoms with E-state index in [9.17, 15) is 4.79 Å². The summed E-state index contributed by atoms with van der Waals surface area (Å²) in [7, 11) is 3.99. The molecule has 0 N–H and O–H groups in total. The second-order valence-corrected chi connectivity index (χ2v) is 5.23. The van der Waals surface area contributed by atoms with E-state index in [1.165, 1.54) is 25.7 Å². The minimum absolute atomic E-state index is 0.161. The van der Waals surface area contributed by atoms with Gasteiger partial charge in [-0.05, 0) is 19.8 Å². The van der Waals surface area contributed by atoms with Crippen LogP contribution in [0.15, 0.2) is 12.4 Å². The van der Waals surface area contributed by atoms with Gasteiger partial charge in [0.15, 0.2) is 5.72 Å². The van der Waals surface area contributed by atoms with Crippen molar-refractivity contribution >= 4 is 19.0 Å². The van der Waals surface area contributed by atoms with E-state index < -0.39 is 0 Å². The SMILES string of the molecule is CCCCCCn1cc[n+](C)c1[B]C(C)C(=O)OCC. The average Bonchev–Trinajstić information content (AvgIpc) is 2.76. The molecule has 1 radical (unpaired) electrons. The van der Waals surface area contributed by atoms with Crippen molar-refractivity contribution in [3.8, 4) is 0 Å². The van der Waals surface area contributed by atoms with E-state index in [4.69, 9.17) is 4.74 Å². The zero-order valence-corrected chi connectivity index (χ0v) is 13.3. The van der Waals surface area contributed by atoms with Crippen LogP contribution in [0.1, 0.15) is 46.5 Å². The molecule has 0 saturated heterocycles. The third-order valence-electron chi connectivity index (χ3n) is 3.44. The first-order valence-electron chi connectivity index (χ1n) is 7.66. The molecule has 0 spiro atoms. The lowest BCUT2D eigenvalue weighted by atomic mass is 9.64. The Morgan fingerprint density at radius 3 is 2.80 bits per heavy atom. The van der Waals surface area contributed by atoms with Crippen molar-refractivity contribution in [2.75, 3.05) is 6.61 Å². The summed E-state index contributed by atoms with van der Waals surface area (Å²) in [4.78, 5) is 11.7. The van der Waals surface area contributed by atoms with E-state index in [0.717, 1.165) is 12.3 Å². The minimum Gasteiger partial charge on any atom is -0.466 e. The van der Waals surface area contributed by atoms with Crippen LogP contribution in [0.4, 0.5) is 0 Å². The van der Waals surface area contributed by atoms with Gasteiger partial charge in [0.2, 0.25) is 0 Å². The normalized spacial score (nSPS) is 12.2. The van der Waals surface area contributed by atoms with Crippen LogP contribution < -0.4 is 10.3 Å². The van der Waals surface area contributed by atoms with Crippen molar-refractivity contribution in [2.24, 2.45) is 7.05 Å². The van der Waals surface area contributed by atoms with E-state index in [1.807, 2.05) is 34.4 Å². The van der Waals surface area contributed by atoms with Gasteiger partial charge in [0.1, 0.15) is 12.4 Å². The van der Waals surface area contributed by atoms with Crippen LogP contribution in [-0.4, -0.2) is 24.4 Å². The van der Waals surface area contributed by atoms with Crippen LogP contribution in [0.3, 0.4) is 0 Å². The highest BCUT2D eigenvalue weighted by Gasteiger charge is 2.24. The van der Waals surface area contributed by atoms with Gasteiger partial charge in [0.25, 0.3) is 7.28 Å². The van der Waals surface area contributed by atoms with Gasteiger partial charge in [-0.3, -0.25) is 4.79 Å². The van der Waals surface area contributed by atoms with Gasteiger partial charge < -0.3 is 4.74 Å². The zero-order chi connectivity index (χ0) is 15.0. The van der Waals surface area contributed by atoms with Crippen LogP contribution in [0.5, 0.6) is 0 Å². The Hall–Kier alpha value is -1.26. The number of carbonyl (C=O) groups excluding carboxylic acids is 1. The maximum atomic E-state index is 11.7. The number of imidazole rings is 1. The van der Waals surface area contributed by atoms with Crippen molar-refractivity contribution in [3.05, 3.63) is 12.4 Å². The van der Waals surface area contributed by atoms with E-state index in [-0.39, 0.29) is 11.8 Å². The lowest BCUT2D eigenvalue weighted by Crippen LogP contribution is -2.51. The van der Waals surface area contributed by atoms with Crippen LogP contribution in [-0.2, 0) is 23.1 Å². The summed E-state index contributed by atoms with van der Waals surface area (Å²) in [5.74, 6) is -0.378. The Labute approximate surface area is 123 Å². The highest BCUT2D eigenvalue weighted by atomic mass is 16.5. The van der Waals surface area contributed by atoms with Crippen LogP contribution >= 0.6 is 0 Å². The smallest absolute Gasteiger partial charge is 0.301 e. The van der Waals surface area contributed by atoms with Gasteiger partial charge in [-0.1, -0.05) is 26.7 Å². The number of nitrogens with zero attached hydrogens (tertiary/aromatic N) is 2. The summed E-state index contributed by atoms with van der Waals surface area (Å²) in [6, 6.07) is 0. The first-order chi connectivity index (χ1) is 9.60. The fourth-order valence-corrected chi connectivity index (χ4v) is 2.21. The molecule has 20 heavy (non-hydrogen) atoms. The highest BCUT2D eigenvalue weighted by Crippen LogP contribution is 2.05. The van der Waals surface area contributed by atoms with Crippen LogP contribution in [0.25, 0.3) is 0 Å². The number of hydrogen-bond donors (Lipinski definition) is 0. The summed E-state index contributed by atoms with van der Waals surface area (Å²) in [5.41, 5.74) is 1.07. The molecular formula is C15H27BN2O2+. The molecule has 1 rings (SSSR count). The molecule has 1 aromatic heterocycles. The largest absolute Gasteiger partial charge is 0.466 e. The molecular weight excluding hydrogens is 251 g/mol. The Balaban J connectivity index is 2.60. The number of ether oxygens (including phenoxy) is 1. The topological polar surface area (TPSA) is 35.1 Å². The fourth-order valence-electron chi connectivity index (χ4n) is 2.21. The average molecular weight is 278 g/mol. The highest BCUT2D eigenvalue weighted by molar-refractivity contribution is 6.56. The third-order valence-corrected chi connectivity index (χ3v) is 3.44. The summed E-state index contributed by atoms with van der Waals surface area (Å²) in [6.45, 7) is 7.37. The zero-order valence-electron chi connectivity index (χ0n) is 13.3. The van der Waals surface area contributed by atoms with E-state index in [1.54, 1.807) is 0 Å². The number of unbranched alkanes of at least 4 members (excludes halogenated alkanes) is 3. The van der Waals surface area contributed by atoms with Crippen LogP contribution in [0, 0.1) is 0 Å². The van der Waals surface area contributed by atoms with Crippen molar-refractivity contribution < 1.29 is 14.1 Å². The molecule has 1 heterocycles. The number of carbonyl (C=O) groups is 1. The van der Waals surface area contributed by atoms with E-state index >= 15 is 0 Å². The van der Waals surface area contributed by atoms with Gasteiger partial charge >= 0.3 is 5.97 Å². The van der Waals surface area contributed by atoms with Gasteiger partial charge in [-0.25, -0.2) is 9.13 Å². The second kappa shape index (κ2) is 8.82. The maximum absolute atomic E-state index is 11.7. The molecule has 0 aromatic carbocycles. The molecule has 0 aliphatic rings. The number of hydrogen-bond acceptors (Lipinski definition) is 2. The number of aromatic nitrogens is 2. The number of rotatable bonds is 9. The molecule has 1 unspecified atom stereocenters. The third kappa shape index (κ3) is 5.02. The van der Waals surface area contributed by atoms with E-state index in [2.05, 4.69) is 22.3 Å². The molecule has 0 saturated carbocycles. The van der Waals surface area contributed by atoms with Crippen molar-refractivity contribution in [2.45, 2.75) is 58.8 Å². The summed E-state index contributed by atoms with van der Waals surface area (Å²) in [6.07, 6.45) is 9.07. The molecule has 5 heteroatoms. The quantitative estimate of drug-likeness (QED) is 0.297. The van der Waals surface area contributed by atoms with Crippen molar-refractivity contribution in [1.29, 1.82) is 0 Å². The van der Waals surface area contributed by atoms with E-state index in [0.29, 0.717) is 6.61 Å². The monoisotopic (exact) mass is 278 g/mol. The minimum atomic E-state index is -0.217. The summed E-state index contributed by atoms with van der Waals surface area (Å²) >= 11 is 0. The predicted octanol–water partition coefficient (Wildman–Crippen LogP) is 1.59. The Bertz CT molecular complexity index is 418. The molecule has 0 aliphatic carbocycles. The maximum Gasteiger partial charge on any atom is 0.301 e. The standard InChI is InChI=1S/C15H27BN2O2/c1-5-7-8-9-10-18-12-11-17(4)15(18)16-13(3)14(19)20-6-2/h11-13H,5-10H2,1-4H3/q+1. The summed E-state index contributed by atoms with van der Waals surface area (Å²) < 4.78 is 9.32. The first kappa shape index (κ1) is 16.8. The van der Waals surface area contributed by atoms with Gasteiger partial charge in [-0.15, -0.1) is 0 Å². The van der Waals surface area contributed by atoms with Gasteiger partial charge in [-0.2, -0.15) is 0 Å². The molecule has 4 nitrogen and oxygen atoms in total. The Morgan fingerprint density at radius 1 is 1.40 bits per heavy atom. The molecule has 1 atom stereocenters. The first-order valence-corrected chi connectivity index (χ1v) is 7.66. The lowest BCUT2D eigenvalue weighted by Gasteiger charge is -2.08. The molecule has 0 amide bonds. The summed E-state index contributed by atoms with van der Waals surface area (Å²) in [5, 5.41) is 0. The molecule has 0 fully saturated rings. The Kier molecular flexibility index (Phi) is 7.41. The van der Waals surface area contributed by atoms with Crippen LogP contribution in [0.2, 0.25) is 5.82 Å². The van der Waals surface area contributed by atoms with Gasteiger partial charge in [0.05, 0.1) is 20.2 Å². The van der Waals surface area contributed by atoms with Crippen molar-refractivity contribution in [3.63, 3.8) is 0 Å². The van der Waals surface area contributed by atoms with Gasteiger partial charge in [0, 0.05) is 5.82 Å². The molecule has 111 valence electrons.